The molecule has 3 aromatic rings. The molecule has 1 saturated heterocycles. The number of aromatic nitrogens is 2. The average Bonchev–Trinajstić information content (AvgIpc) is 3.08. The van der Waals surface area contributed by atoms with Crippen molar-refractivity contribution < 1.29 is 9.18 Å². The van der Waals surface area contributed by atoms with E-state index in [4.69, 9.17) is 4.98 Å². The van der Waals surface area contributed by atoms with E-state index in [1.165, 1.54) is 17.6 Å². The number of hydrogen-bond donors (Lipinski definition) is 1. The van der Waals surface area contributed by atoms with E-state index in [2.05, 4.69) is 46.8 Å². The second kappa shape index (κ2) is 8.33. The molecule has 152 valence electrons. The Morgan fingerprint density at radius 3 is 2.52 bits per heavy atom. The van der Waals surface area contributed by atoms with Crippen LogP contribution in [0.1, 0.15) is 38.6 Å². The molecule has 5 nitrogen and oxygen atoms in total. The van der Waals surface area contributed by atoms with Gasteiger partial charge in [-0.05, 0) is 76.2 Å². The number of anilines is 1. The van der Waals surface area contributed by atoms with Gasteiger partial charge >= 0.3 is 0 Å². The van der Waals surface area contributed by atoms with E-state index in [1.807, 2.05) is 6.07 Å². The minimum atomic E-state index is -0.302. The molecule has 1 amide bonds. The molecule has 0 bridgehead atoms. The van der Waals surface area contributed by atoms with E-state index in [-0.39, 0.29) is 17.6 Å². The molecule has 1 fully saturated rings. The van der Waals surface area contributed by atoms with Gasteiger partial charge in [0.05, 0.1) is 17.6 Å². The molecule has 1 aliphatic heterocycles. The summed E-state index contributed by atoms with van der Waals surface area (Å²) in [7, 11) is 0. The number of fused-ring (bicyclic) bond motifs is 1. The van der Waals surface area contributed by atoms with Gasteiger partial charge in [-0.15, -0.1) is 0 Å². The SMILES string of the molecule is CC(C)n1c(CN2CCC(C(=O)Nc3ccc(F)cc3)CC2)nc2ccccc21. The highest BCUT2D eigenvalue weighted by Crippen LogP contribution is 2.25. The maximum Gasteiger partial charge on any atom is 0.227 e. The van der Waals surface area contributed by atoms with Gasteiger partial charge in [-0.3, -0.25) is 9.69 Å². The number of carbonyl (C=O) groups is 1. The number of likely N-dealkylation sites (tertiary alicyclic amines) is 1. The summed E-state index contributed by atoms with van der Waals surface area (Å²) in [6.07, 6.45) is 1.63. The molecule has 0 unspecified atom stereocenters. The van der Waals surface area contributed by atoms with Crippen molar-refractivity contribution in [2.45, 2.75) is 39.3 Å². The monoisotopic (exact) mass is 394 g/mol. The molecule has 0 radical (unpaired) electrons. The predicted octanol–water partition coefficient (Wildman–Crippen LogP) is 4.61. The molecule has 1 aliphatic rings. The van der Waals surface area contributed by atoms with Crippen LogP contribution in [0.5, 0.6) is 0 Å². The van der Waals surface area contributed by atoms with Gasteiger partial charge in [0.2, 0.25) is 5.91 Å². The van der Waals surface area contributed by atoms with Crippen molar-refractivity contribution in [1.29, 1.82) is 0 Å². The van der Waals surface area contributed by atoms with Crippen molar-refractivity contribution >= 4 is 22.6 Å². The fourth-order valence-electron chi connectivity index (χ4n) is 4.11. The lowest BCUT2D eigenvalue weighted by Gasteiger charge is -2.31. The number of imidazole rings is 1. The fourth-order valence-corrected chi connectivity index (χ4v) is 4.11. The average molecular weight is 394 g/mol. The van der Waals surface area contributed by atoms with Crippen molar-refractivity contribution in [3.8, 4) is 0 Å². The summed E-state index contributed by atoms with van der Waals surface area (Å²) >= 11 is 0. The molecular formula is C23H27FN4O. The van der Waals surface area contributed by atoms with Crippen LogP contribution in [-0.2, 0) is 11.3 Å². The van der Waals surface area contributed by atoms with Crippen molar-refractivity contribution in [2.24, 2.45) is 5.92 Å². The lowest BCUT2D eigenvalue weighted by Crippen LogP contribution is -2.38. The molecule has 1 N–H and O–H groups in total. The van der Waals surface area contributed by atoms with Gasteiger partial charge in [0.25, 0.3) is 0 Å². The Morgan fingerprint density at radius 1 is 1.14 bits per heavy atom. The van der Waals surface area contributed by atoms with Gasteiger partial charge in [-0.2, -0.15) is 0 Å². The highest BCUT2D eigenvalue weighted by atomic mass is 19.1. The number of amides is 1. The Hall–Kier alpha value is -2.73. The van der Waals surface area contributed by atoms with Crippen molar-refractivity contribution in [2.75, 3.05) is 18.4 Å². The van der Waals surface area contributed by atoms with Crippen LogP contribution >= 0.6 is 0 Å². The molecule has 2 heterocycles. The first-order valence-electron chi connectivity index (χ1n) is 10.3. The lowest BCUT2D eigenvalue weighted by molar-refractivity contribution is -0.121. The summed E-state index contributed by atoms with van der Waals surface area (Å²) in [5, 5.41) is 2.90. The Kier molecular flexibility index (Phi) is 5.62. The summed E-state index contributed by atoms with van der Waals surface area (Å²) in [6, 6.07) is 14.5. The second-order valence-corrected chi connectivity index (χ2v) is 8.03. The molecule has 0 aliphatic carbocycles. The third-order valence-electron chi connectivity index (χ3n) is 5.62. The fraction of sp³-hybridized carbons (Fsp3) is 0.391. The lowest BCUT2D eigenvalue weighted by atomic mass is 9.96. The Bertz CT molecular complexity index is 988. The molecule has 1 aromatic heterocycles. The van der Waals surface area contributed by atoms with E-state index < -0.39 is 0 Å². The van der Waals surface area contributed by atoms with Gasteiger partial charge in [-0.1, -0.05) is 12.1 Å². The number of piperidine rings is 1. The summed E-state index contributed by atoms with van der Waals surface area (Å²) < 4.78 is 15.3. The molecular weight excluding hydrogens is 367 g/mol. The highest BCUT2D eigenvalue weighted by Gasteiger charge is 2.26. The van der Waals surface area contributed by atoms with Crippen LogP contribution in [0.3, 0.4) is 0 Å². The zero-order valence-corrected chi connectivity index (χ0v) is 16.9. The highest BCUT2D eigenvalue weighted by molar-refractivity contribution is 5.92. The third kappa shape index (κ3) is 4.32. The standard InChI is InChI=1S/C23H27FN4O/c1-16(2)28-21-6-4-3-5-20(21)26-22(28)15-27-13-11-17(12-14-27)23(29)25-19-9-7-18(24)8-10-19/h3-10,16-17H,11-15H2,1-2H3,(H,25,29). The number of nitrogens with one attached hydrogen (secondary N) is 1. The van der Waals surface area contributed by atoms with E-state index in [9.17, 15) is 9.18 Å². The van der Waals surface area contributed by atoms with E-state index in [1.54, 1.807) is 12.1 Å². The van der Waals surface area contributed by atoms with Crippen LogP contribution in [0.15, 0.2) is 48.5 Å². The van der Waals surface area contributed by atoms with Gasteiger partial charge in [0.1, 0.15) is 11.6 Å². The largest absolute Gasteiger partial charge is 0.326 e. The van der Waals surface area contributed by atoms with Crippen molar-refractivity contribution in [3.63, 3.8) is 0 Å². The number of carbonyl (C=O) groups excluding carboxylic acids is 1. The van der Waals surface area contributed by atoms with Gasteiger partial charge in [0, 0.05) is 17.6 Å². The van der Waals surface area contributed by atoms with Gasteiger partial charge in [0.15, 0.2) is 0 Å². The van der Waals surface area contributed by atoms with Crippen molar-refractivity contribution in [3.05, 3.63) is 60.2 Å². The minimum Gasteiger partial charge on any atom is -0.326 e. The van der Waals surface area contributed by atoms with Crippen LogP contribution in [0.4, 0.5) is 10.1 Å². The van der Waals surface area contributed by atoms with Crippen LogP contribution in [-0.4, -0.2) is 33.4 Å². The van der Waals surface area contributed by atoms with Crippen LogP contribution in [0.2, 0.25) is 0 Å². The number of nitrogens with zero attached hydrogens (tertiary/aromatic N) is 3. The van der Waals surface area contributed by atoms with Crippen LogP contribution in [0.25, 0.3) is 11.0 Å². The first kappa shape index (κ1) is 19.6. The summed E-state index contributed by atoms with van der Waals surface area (Å²) in [5.74, 6) is 0.782. The molecule has 0 atom stereocenters. The molecule has 4 rings (SSSR count). The van der Waals surface area contributed by atoms with Crippen molar-refractivity contribution in [1.82, 2.24) is 14.5 Å². The van der Waals surface area contributed by atoms with Gasteiger partial charge < -0.3 is 9.88 Å². The number of rotatable bonds is 5. The summed E-state index contributed by atoms with van der Waals surface area (Å²) in [6.45, 7) is 6.89. The molecule has 0 saturated carbocycles. The Labute approximate surface area is 170 Å². The predicted molar refractivity (Wildman–Crippen MR) is 113 cm³/mol. The minimum absolute atomic E-state index is 0.0137. The Balaban J connectivity index is 1.38. The quantitative estimate of drug-likeness (QED) is 0.688. The molecule has 2 aromatic carbocycles. The molecule has 29 heavy (non-hydrogen) atoms. The van der Waals surface area contributed by atoms with Crippen LogP contribution in [0, 0.1) is 11.7 Å². The maximum absolute atomic E-state index is 13.0. The number of halogens is 1. The first-order chi connectivity index (χ1) is 14.0. The zero-order valence-electron chi connectivity index (χ0n) is 16.9. The first-order valence-corrected chi connectivity index (χ1v) is 10.3. The molecule has 6 heteroatoms. The second-order valence-electron chi connectivity index (χ2n) is 8.03. The third-order valence-corrected chi connectivity index (χ3v) is 5.62. The smallest absolute Gasteiger partial charge is 0.227 e. The number of para-hydroxylation sites is 2. The molecule has 0 spiro atoms. The van der Waals surface area contributed by atoms with E-state index >= 15 is 0 Å². The summed E-state index contributed by atoms with van der Waals surface area (Å²) in [4.78, 5) is 19.8. The number of benzene rings is 2. The normalized spacial score (nSPS) is 15.9. The topological polar surface area (TPSA) is 50.2 Å². The Morgan fingerprint density at radius 2 is 1.83 bits per heavy atom. The van der Waals surface area contributed by atoms with Gasteiger partial charge in [-0.25, -0.2) is 9.37 Å². The number of hydrogen-bond acceptors (Lipinski definition) is 3. The van der Waals surface area contributed by atoms with E-state index in [0.717, 1.165) is 43.8 Å². The zero-order chi connectivity index (χ0) is 20.4. The maximum atomic E-state index is 13.0. The van der Waals surface area contributed by atoms with E-state index in [0.29, 0.717) is 11.7 Å². The summed E-state index contributed by atoms with van der Waals surface area (Å²) in [5.41, 5.74) is 2.85. The van der Waals surface area contributed by atoms with Crippen LogP contribution < -0.4 is 5.32 Å².